The number of hydrogen-bond acceptors (Lipinski definition) is 6. The van der Waals surface area contributed by atoms with Gasteiger partial charge in [0.15, 0.2) is 16.6 Å². The number of carbonyl (C=O) groups excluding carboxylic acids is 2. The van der Waals surface area contributed by atoms with Crippen LogP contribution in [0.2, 0.25) is 0 Å². The molecule has 1 saturated carbocycles. The van der Waals surface area contributed by atoms with Gasteiger partial charge >= 0.3 is 5.97 Å². The van der Waals surface area contributed by atoms with E-state index in [1.165, 1.54) is 44.6 Å². The van der Waals surface area contributed by atoms with Crippen molar-refractivity contribution in [3.63, 3.8) is 0 Å². The number of nitrogens with zero attached hydrogens (tertiary/aromatic N) is 1. The molecule has 2 atom stereocenters. The van der Waals surface area contributed by atoms with Gasteiger partial charge in [-0.1, -0.05) is 37.5 Å². The molecule has 1 aromatic heterocycles. The quantitative estimate of drug-likeness (QED) is 0.666. The number of nitrogens with one attached hydrogen (secondary N) is 1. The fourth-order valence-corrected chi connectivity index (χ4v) is 3.81. The summed E-state index contributed by atoms with van der Waals surface area (Å²) in [5.74, 6) is -0.0816. The number of ketones is 1. The second-order valence-electron chi connectivity index (χ2n) is 5.45. The zero-order valence-electron chi connectivity index (χ0n) is 12.8. The van der Waals surface area contributed by atoms with Gasteiger partial charge in [-0.15, -0.1) is 0 Å². The van der Waals surface area contributed by atoms with Crippen molar-refractivity contribution in [2.45, 2.75) is 52.0 Å². The number of esters is 1. The average molecular weight is 310 g/mol. The molecule has 0 spiro atoms. The molecule has 1 N–H and O–H groups in total. The standard InChI is InChI=1S/C15H22N2O3S/c1-4-10-7-5-6-8-11(10)16-15-17-12(14(19)20-3)13(21-15)9(2)18/h10-11H,4-8H2,1-3H3,(H,16,17). The summed E-state index contributed by atoms with van der Waals surface area (Å²) in [6.07, 6.45) is 5.96. The molecule has 1 aliphatic rings. The zero-order chi connectivity index (χ0) is 15.4. The Kier molecular flexibility index (Phi) is 5.33. The molecular formula is C15H22N2O3S. The molecular weight excluding hydrogens is 288 g/mol. The molecule has 1 aliphatic carbocycles. The Hall–Kier alpha value is -1.43. The lowest BCUT2D eigenvalue weighted by molar-refractivity contribution is 0.0591. The second kappa shape index (κ2) is 7.02. The van der Waals surface area contributed by atoms with E-state index in [0.717, 1.165) is 12.8 Å². The molecule has 21 heavy (non-hydrogen) atoms. The third-order valence-electron chi connectivity index (χ3n) is 4.07. The molecule has 0 radical (unpaired) electrons. The van der Waals surface area contributed by atoms with E-state index in [9.17, 15) is 9.59 Å². The SMILES string of the molecule is CCC1CCCCC1Nc1nc(C(=O)OC)c(C(C)=O)s1. The van der Waals surface area contributed by atoms with Crippen LogP contribution in [0.25, 0.3) is 0 Å². The normalized spacial score (nSPS) is 21.9. The summed E-state index contributed by atoms with van der Waals surface area (Å²) in [5, 5.41) is 4.07. The van der Waals surface area contributed by atoms with Crippen molar-refractivity contribution >= 4 is 28.2 Å². The van der Waals surface area contributed by atoms with Crippen molar-refractivity contribution in [3.05, 3.63) is 10.6 Å². The monoisotopic (exact) mass is 310 g/mol. The topological polar surface area (TPSA) is 68.3 Å². The van der Waals surface area contributed by atoms with Crippen LogP contribution < -0.4 is 5.32 Å². The predicted molar refractivity (Wildman–Crippen MR) is 83.1 cm³/mol. The van der Waals surface area contributed by atoms with Gasteiger partial charge in [0.2, 0.25) is 0 Å². The maximum absolute atomic E-state index is 11.7. The Labute approximate surface area is 129 Å². The number of aromatic nitrogens is 1. The minimum atomic E-state index is -0.555. The van der Waals surface area contributed by atoms with E-state index in [1.807, 2.05) is 0 Å². The van der Waals surface area contributed by atoms with Crippen molar-refractivity contribution in [2.24, 2.45) is 5.92 Å². The van der Waals surface area contributed by atoms with Crippen LogP contribution in [0.5, 0.6) is 0 Å². The number of methoxy groups -OCH3 is 1. The highest BCUT2D eigenvalue weighted by Crippen LogP contribution is 2.32. The lowest BCUT2D eigenvalue weighted by Crippen LogP contribution is -2.31. The number of thiazole rings is 1. The van der Waals surface area contributed by atoms with Crippen LogP contribution in [-0.4, -0.2) is 29.9 Å². The number of anilines is 1. The molecule has 1 aromatic rings. The maximum atomic E-state index is 11.7. The highest BCUT2D eigenvalue weighted by Gasteiger charge is 2.27. The molecule has 2 unspecified atom stereocenters. The van der Waals surface area contributed by atoms with E-state index >= 15 is 0 Å². The number of ether oxygens (including phenoxy) is 1. The minimum Gasteiger partial charge on any atom is -0.464 e. The van der Waals surface area contributed by atoms with E-state index in [1.54, 1.807) is 0 Å². The average Bonchev–Trinajstić information content (AvgIpc) is 2.91. The Bertz CT molecular complexity index is 527. The van der Waals surface area contributed by atoms with Crippen molar-refractivity contribution in [1.82, 2.24) is 4.98 Å². The number of Topliss-reactive ketones (excluding diaryl/α,β-unsaturated/α-hetero) is 1. The summed E-state index contributed by atoms with van der Waals surface area (Å²) in [6.45, 7) is 3.65. The van der Waals surface area contributed by atoms with E-state index in [0.29, 0.717) is 22.0 Å². The van der Waals surface area contributed by atoms with Crippen LogP contribution in [0, 0.1) is 5.92 Å². The van der Waals surface area contributed by atoms with Crippen molar-refractivity contribution < 1.29 is 14.3 Å². The van der Waals surface area contributed by atoms with Gasteiger partial charge in [0.25, 0.3) is 0 Å². The summed E-state index contributed by atoms with van der Waals surface area (Å²) >= 11 is 1.24. The molecule has 0 aromatic carbocycles. The summed E-state index contributed by atoms with van der Waals surface area (Å²) in [7, 11) is 1.30. The highest BCUT2D eigenvalue weighted by molar-refractivity contribution is 7.17. The Morgan fingerprint density at radius 3 is 2.71 bits per heavy atom. The second-order valence-corrected chi connectivity index (χ2v) is 6.45. The van der Waals surface area contributed by atoms with Crippen LogP contribution in [0.15, 0.2) is 0 Å². The summed E-state index contributed by atoms with van der Waals surface area (Å²) < 4.78 is 4.70. The minimum absolute atomic E-state index is 0.126. The van der Waals surface area contributed by atoms with Gasteiger partial charge in [0, 0.05) is 13.0 Å². The Morgan fingerprint density at radius 2 is 2.10 bits per heavy atom. The van der Waals surface area contributed by atoms with Crippen LogP contribution >= 0.6 is 11.3 Å². The van der Waals surface area contributed by atoms with Gasteiger partial charge in [0.1, 0.15) is 4.88 Å². The predicted octanol–water partition coefficient (Wildman–Crippen LogP) is 3.51. The molecule has 1 fully saturated rings. The maximum Gasteiger partial charge on any atom is 0.358 e. The number of rotatable bonds is 5. The van der Waals surface area contributed by atoms with E-state index < -0.39 is 5.97 Å². The first-order valence-electron chi connectivity index (χ1n) is 7.43. The van der Waals surface area contributed by atoms with Gasteiger partial charge in [-0.2, -0.15) is 0 Å². The number of carbonyl (C=O) groups is 2. The van der Waals surface area contributed by atoms with Crippen molar-refractivity contribution in [3.8, 4) is 0 Å². The first-order valence-corrected chi connectivity index (χ1v) is 8.25. The van der Waals surface area contributed by atoms with Crippen LogP contribution in [-0.2, 0) is 4.74 Å². The van der Waals surface area contributed by atoms with E-state index in [-0.39, 0.29) is 11.5 Å². The Morgan fingerprint density at radius 1 is 1.38 bits per heavy atom. The fraction of sp³-hybridized carbons (Fsp3) is 0.667. The van der Waals surface area contributed by atoms with E-state index in [4.69, 9.17) is 4.74 Å². The third-order valence-corrected chi connectivity index (χ3v) is 5.16. The van der Waals surface area contributed by atoms with Crippen molar-refractivity contribution in [2.75, 3.05) is 12.4 Å². The summed E-state index contributed by atoms with van der Waals surface area (Å²) in [5.41, 5.74) is 0.126. The molecule has 5 nitrogen and oxygen atoms in total. The van der Waals surface area contributed by atoms with Gasteiger partial charge < -0.3 is 10.1 Å². The summed E-state index contributed by atoms with van der Waals surface area (Å²) in [6, 6.07) is 0.375. The molecule has 0 saturated heterocycles. The molecule has 6 heteroatoms. The molecule has 0 bridgehead atoms. The van der Waals surface area contributed by atoms with Gasteiger partial charge in [0.05, 0.1) is 7.11 Å². The van der Waals surface area contributed by atoms with Crippen LogP contribution in [0.4, 0.5) is 5.13 Å². The van der Waals surface area contributed by atoms with Crippen molar-refractivity contribution in [1.29, 1.82) is 0 Å². The lowest BCUT2D eigenvalue weighted by Gasteiger charge is -2.31. The van der Waals surface area contributed by atoms with Crippen LogP contribution in [0.1, 0.15) is 66.1 Å². The first-order chi connectivity index (χ1) is 10.1. The highest BCUT2D eigenvalue weighted by atomic mass is 32.1. The zero-order valence-corrected chi connectivity index (χ0v) is 13.6. The molecule has 0 amide bonds. The largest absolute Gasteiger partial charge is 0.464 e. The fourth-order valence-electron chi connectivity index (χ4n) is 2.90. The molecule has 2 rings (SSSR count). The van der Waals surface area contributed by atoms with Crippen LogP contribution in [0.3, 0.4) is 0 Å². The van der Waals surface area contributed by atoms with Gasteiger partial charge in [-0.05, 0) is 18.8 Å². The molecule has 0 aliphatic heterocycles. The van der Waals surface area contributed by atoms with Gasteiger partial charge in [-0.3, -0.25) is 4.79 Å². The van der Waals surface area contributed by atoms with E-state index in [2.05, 4.69) is 17.2 Å². The Balaban J connectivity index is 2.20. The lowest BCUT2D eigenvalue weighted by atomic mass is 9.83. The first kappa shape index (κ1) is 15.9. The molecule has 116 valence electrons. The van der Waals surface area contributed by atoms with Gasteiger partial charge in [-0.25, -0.2) is 9.78 Å². The third kappa shape index (κ3) is 3.61. The smallest absolute Gasteiger partial charge is 0.358 e. The molecule has 1 heterocycles. The summed E-state index contributed by atoms with van der Waals surface area (Å²) in [4.78, 5) is 28.0. The number of hydrogen-bond donors (Lipinski definition) is 1.